The first-order valence-corrected chi connectivity index (χ1v) is 10.8. The second kappa shape index (κ2) is 8.83. The average molecular weight is 444 g/mol. The van der Waals surface area contributed by atoms with E-state index in [0.29, 0.717) is 15.6 Å². The van der Waals surface area contributed by atoms with Crippen molar-refractivity contribution < 1.29 is 4.79 Å². The number of anilines is 1. The molecule has 1 aliphatic heterocycles. The van der Waals surface area contributed by atoms with Gasteiger partial charge in [-0.05, 0) is 81.1 Å². The molecule has 2 aromatic rings. The smallest absolute Gasteiger partial charge is 0.271 e. The summed E-state index contributed by atoms with van der Waals surface area (Å²) in [7, 11) is 0. The van der Waals surface area contributed by atoms with Gasteiger partial charge in [-0.1, -0.05) is 36.2 Å². The Balaban J connectivity index is 1.85. The predicted octanol–water partition coefficient (Wildman–Crippen LogP) is 6.48. The fourth-order valence-corrected chi connectivity index (χ4v) is 4.18. The lowest BCUT2D eigenvalue weighted by molar-refractivity contribution is 0.0955. The van der Waals surface area contributed by atoms with E-state index >= 15 is 0 Å². The Kier molecular flexibility index (Phi) is 6.59. The second-order valence-electron chi connectivity index (χ2n) is 8.19. The van der Waals surface area contributed by atoms with Gasteiger partial charge in [0.15, 0.2) is 0 Å². The average Bonchev–Trinajstić information content (AvgIpc) is 2.67. The van der Waals surface area contributed by atoms with Crippen molar-refractivity contribution in [2.24, 2.45) is 5.10 Å². The van der Waals surface area contributed by atoms with Crippen molar-refractivity contribution in [3.8, 4) is 0 Å². The molecule has 1 amide bonds. The fraction of sp³-hybridized carbons (Fsp3) is 0.333. The van der Waals surface area contributed by atoms with Crippen LogP contribution in [0.25, 0.3) is 5.57 Å². The highest BCUT2D eigenvalue weighted by Crippen LogP contribution is 2.40. The monoisotopic (exact) mass is 443 g/mol. The molecule has 0 radical (unpaired) electrons. The maximum atomic E-state index is 12.3. The van der Waals surface area contributed by atoms with Crippen LogP contribution in [-0.4, -0.2) is 24.2 Å². The summed E-state index contributed by atoms with van der Waals surface area (Å²) in [5.41, 5.74) is 8.70. The number of fused-ring (bicyclic) bond motifs is 1. The van der Waals surface area contributed by atoms with Crippen LogP contribution < -0.4 is 10.3 Å². The molecule has 0 aromatic heterocycles. The van der Waals surface area contributed by atoms with Crippen molar-refractivity contribution in [3.05, 3.63) is 68.7 Å². The minimum atomic E-state index is -0.340. The summed E-state index contributed by atoms with van der Waals surface area (Å²) in [4.78, 5) is 14.8. The minimum Gasteiger partial charge on any atom is -0.362 e. The van der Waals surface area contributed by atoms with Gasteiger partial charge in [0, 0.05) is 23.4 Å². The van der Waals surface area contributed by atoms with Gasteiger partial charge in [-0.25, -0.2) is 5.43 Å². The van der Waals surface area contributed by atoms with Crippen LogP contribution in [0.15, 0.2) is 41.5 Å². The molecule has 158 valence electrons. The van der Waals surface area contributed by atoms with Crippen molar-refractivity contribution in [2.45, 2.75) is 46.6 Å². The molecule has 0 saturated heterocycles. The Labute approximate surface area is 188 Å². The van der Waals surface area contributed by atoms with E-state index in [4.69, 9.17) is 23.2 Å². The number of nitrogens with zero attached hydrogens (tertiary/aromatic N) is 2. The summed E-state index contributed by atoms with van der Waals surface area (Å²) < 4.78 is 0. The normalized spacial score (nSPS) is 15.2. The Morgan fingerprint density at radius 2 is 1.90 bits per heavy atom. The van der Waals surface area contributed by atoms with Gasteiger partial charge in [0.05, 0.1) is 21.8 Å². The number of hydrogen-bond acceptors (Lipinski definition) is 3. The van der Waals surface area contributed by atoms with Crippen LogP contribution in [0.5, 0.6) is 0 Å². The molecular formula is C24H27Cl2N3O. The first kappa shape index (κ1) is 22.4. The molecule has 1 aliphatic rings. The third-order valence-electron chi connectivity index (χ3n) is 5.36. The lowest BCUT2D eigenvalue weighted by atomic mass is 9.87. The van der Waals surface area contributed by atoms with E-state index in [2.05, 4.69) is 68.3 Å². The number of allylic oxidation sites excluding steroid dienone is 1. The Morgan fingerprint density at radius 1 is 1.17 bits per heavy atom. The Morgan fingerprint density at radius 3 is 2.57 bits per heavy atom. The molecule has 1 heterocycles. The molecule has 0 aliphatic carbocycles. The van der Waals surface area contributed by atoms with Crippen LogP contribution in [0, 0.1) is 6.92 Å². The number of benzene rings is 2. The molecule has 3 rings (SSSR count). The van der Waals surface area contributed by atoms with Gasteiger partial charge in [0.25, 0.3) is 5.91 Å². The van der Waals surface area contributed by atoms with Gasteiger partial charge in [0.2, 0.25) is 0 Å². The van der Waals surface area contributed by atoms with Gasteiger partial charge in [0.1, 0.15) is 0 Å². The molecule has 0 atom stereocenters. The van der Waals surface area contributed by atoms with Crippen molar-refractivity contribution in [1.82, 2.24) is 5.43 Å². The summed E-state index contributed by atoms with van der Waals surface area (Å²) in [6, 6.07) is 9.09. The third-order valence-corrected chi connectivity index (χ3v) is 6.10. The van der Waals surface area contributed by atoms with E-state index in [1.54, 1.807) is 18.3 Å². The van der Waals surface area contributed by atoms with Crippen molar-refractivity contribution in [3.63, 3.8) is 0 Å². The summed E-state index contributed by atoms with van der Waals surface area (Å²) >= 11 is 11.9. The maximum absolute atomic E-state index is 12.3. The van der Waals surface area contributed by atoms with Crippen molar-refractivity contribution in [1.29, 1.82) is 0 Å². The molecule has 6 heteroatoms. The zero-order chi connectivity index (χ0) is 22.1. The number of carbonyl (C=O) groups excluding carboxylic acids is 1. The number of hydrazone groups is 1. The lowest BCUT2D eigenvalue weighted by Gasteiger charge is -2.43. The predicted molar refractivity (Wildman–Crippen MR) is 128 cm³/mol. The third kappa shape index (κ3) is 4.55. The Hall–Kier alpha value is -2.30. The van der Waals surface area contributed by atoms with Crippen LogP contribution in [-0.2, 0) is 0 Å². The first-order chi connectivity index (χ1) is 14.1. The van der Waals surface area contributed by atoms with E-state index in [1.807, 2.05) is 0 Å². The van der Waals surface area contributed by atoms with E-state index in [1.165, 1.54) is 22.9 Å². The van der Waals surface area contributed by atoms with Crippen LogP contribution in [0.3, 0.4) is 0 Å². The first-order valence-electron chi connectivity index (χ1n) is 10.0. The van der Waals surface area contributed by atoms with E-state index in [9.17, 15) is 4.79 Å². The van der Waals surface area contributed by atoms with Gasteiger partial charge in [-0.2, -0.15) is 5.10 Å². The second-order valence-corrected chi connectivity index (χ2v) is 9.00. The summed E-state index contributed by atoms with van der Waals surface area (Å²) in [6.07, 6.45) is 5.08. The molecule has 0 unspecified atom stereocenters. The number of hydrogen-bond donors (Lipinski definition) is 1. The van der Waals surface area contributed by atoms with Crippen LogP contribution in [0.4, 0.5) is 5.69 Å². The minimum absolute atomic E-state index is 0.0248. The number of carbonyl (C=O) groups is 1. The van der Waals surface area contributed by atoms with Gasteiger partial charge in [-0.3, -0.25) is 4.79 Å². The van der Waals surface area contributed by atoms with Crippen LogP contribution >= 0.6 is 23.2 Å². The molecule has 4 nitrogen and oxygen atoms in total. The molecule has 0 saturated carbocycles. The molecule has 0 fully saturated rings. The molecule has 0 bridgehead atoms. The van der Waals surface area contributed by atoms with Crippen LogP contribution in [0.1, 0.15) is 61.2 Å². The number of rotatable bonds is 5. The van der Waals surface area contributed by atoms with Gasteiger partial charge < -0.3 is 4.90 Å². The highest BCUT2D eigenvalue weighted by molar-refractivity contribution is 6.42. The largest absolute Gasteiger partial charge is 0.362 e. The zero-order valence-electron chi connectivity index (χ0n) is 18.0. The standard InChI is InChI=1S/C24H27Cl2N3O/c1-6-9-29-22-10-15(2)18(11-19(22)16(3)13-24(29,4)5)14-27-28-23(30)17-7-8-20(25)21(26)12-17/h7-8,10-14H,6,9H2,1-5H3,(H,28,30)/b27-14-. The lowest BCUT2D eigenvalue weighted by Crippen LogP contribution is -2.45. The summed E-state index contributed by atoms with van der Waals surface area (Å²) in [5.74, 6) is -0.340. The Bertz CT molecular complexity index is 1040. The topological polar surface area (TPSA) is 44.7 Å². The fourth-order valence-electron chi connectivity index (χ4n) is 3.88. The molecule has 0 spiro atoms. The van der Waals surface area contributed by atoms with Crippen LogP contribution in [0.2, 0.25) is 10.0 Å². The van der Waals surface area contributed by atoms with Crippen molar-refractivity contribution in [2.75, 3.05) is 11.4 Å². The van der Waals surface area contributed by atoms with E-state index < -0.39 is 0 Å². The van der Waals surface area contributed by atoms with Gasteiger partial charge in [-0.15, -0.1) is 0 Å². The number of aryl methyl sites for hydroxylation is 1. The SMILES string of the molecule is CCCN1c2cc(C)c(/C=N\NC(=O)c3ccc(Cl)c(Cl)c3)cc2C(C)=CC1(C)C. The zero-order valence-corrected chi connectivity index (χ0v) is 19.5. The molecule has 1 N–H and O–H groups in total. The van der Waals surface area contributed by atoms with E-state index in [-0.39, 0.29) is 11.4 Å². The highest BCUT2D eigenvalue weighted by Gasteiger charge is 2.31. The molecular weight excluding hydrogens is 417 g/mol. The maximum Gasteiger partial charge on any atom is 0.271 e. The number of halogens is 2. The molecule has 30 heavy (non-hydrogen) atoms. The van der Waals surface area contributed by atoms with Gasteiger partial charge >= 0.3 is 0 Å². The van der Waals surface area contributed by atoms with Crippen molar-refractivity contribution >= 4 is 46.6 Å². The quantitative estimate of drug-likeness (QED) is 0.424. The number of nitrogens with one attached hydrogen (secondary N) is 1. The van der Waals surface area contributed by atoms with E-state index in [0.717, 1.165) is 24.1 Å². The summed E-state index contributed by atoms with van der Waals surface area (Å²) in [6.45, 7) is 11.9. The highest BCUT2D eigenvalue weighted by atomic mass is 35.5. The summed E-state index contributed by atoms with van der Waals surface area (Å²) in [5, 5.41) is 4.90. The number of amides is 1. The molecule has 2 aromatic carbocycles.